The lowest BCUT2D eigenvalue weighted by atomic mass is 9.85. The molecule has 0 aliphatic carbocycles. The number of nitrogens with zero attached hydrogens (tertiary/aromatic N) is 1. The molecule has 0 bridgehead atoms. The van der Waals surface area contributed by atoms with Gasteiger partial charge in [0.2, 0.25) is 0 Å². The minimum atomic E-state index is -4.43. The van der Waals surface area contributed by atoms with Crippen LogP contribution < -0.4 is 5.73 Å². The molecule has 0 amide bonds. The van der Waals surface area contributed by atoms with E-state index in [0.29, 0.717) is 0 Å². The Morgan fingerprint density at radius 3 is 2.13 bits per heavy atom. The predicted molar refractivity (Wildman–Crippen MR) is 52.4 cm³/mol. The number of nitrogens with two attached hydrogens (primary N) is 1. The fourth-order valence-corrected chi connectivity index (χ4v) is 1.28. The fraction of sp³-hybridized carbons (Fsp3) is 0.500. The largest absolute Gasteiger partial charge is 0.433 e. The van der Waals surface area contributed by atoms with Gasteiger partial charge >= 0.3 is 6.18 Å². The summed E-state index contributed by atoms with van der Waals surface area (Å²) >= 11 is 0. The molecule has 2 N–H and O–H groups in total. The quantitative estimate of drug-likeness (QED) is 0.727. The first kappa shape index (κ1) is 11.8. The van der Waals surface area contributed by atoms with Crippen molar-refractivity contribution in [2.75, 3.05) is 5.73 Å². The number of anilines is 1. The zero-order valence-corrected chi connectivity index (χ0v) is 8.81. The van der Waals surface area contributed by atoms with Crippen LogP contribution in [-0.2, 0) is 11.6 Å². The summed E-state index contributed by atoms with van der Waals surface area (Å²) in [5, 5.41) is 0. The van der Waals surface area contributed by atoms with E-state index < -0.39 is 17.3 Å². The molecule has 2 nitrogen and oxygen atoms in total. The molecule has 0 aliphatic rings. The number of halogens is 3. The minimum absolute atomic E-state index is 0.120. The van der Waals surface area contributed by atoms with Crippen LogP contribution in [0.2, 0.25) is 0 Å². The van der Waals surface area contributed by atoms with Gasteiger partial charge in [0, 0.05) is 0 Å². The first-order valence-corrected chi connectivity index (χ1v) is 4.45. The number of pyridine rings is 1. The van der Waals surface area contributed by atoms with Gasteiger partial charge in [0.25, 0.3) is 0 Å². The molecule has 1 heterocycles. The van der Waals surface area contributed by atoms with Crippen molar-refractivity contribution in [3.8, 4) is 0 Å². The number of nitrogen functional groups attached to an aromatic ring is 1. The van der Waals surface area contributed by atoms with Gasteiger partial charge in [-0.2, -0.15) is 13.2 Å². The summed E-state index contributed by atoms with van der Waals surface area (Å²) in [5.41, 5.74) is 4.31. The van der Waals surface area contributed by atoms with E-state index in [1.54, 1.807) is 20.8 Å². The molecule has 5 heteroatoms. The van der Waals surface area contributed by atoms with E-state index in [4.69, 9.17) is 5.73 Å². The lowest BCUT2D eigenvalue weighted by Gasteiger charge is -2.23. The van der Waals surface area contributed by atoms with Crippen molar-refractivity contribution in [2.24, 2.45) is 0 Å². The van der Waals surface area contributed by atoms with Crippen LogP contribution in [0.15, 0.2) is 12.3 Å². The highest BCUT2D eigenvalue weighted by molar-refractivity contribution is 5.43. The van der Waals surface area contributed by atoms with Gasteiger partial charge < -0.3 is 5.73 Å². The van der Waals surface area contributed by atoms with Crippen LogP contribution in [0.5, 0.6) is 0 Å². The lowest BCUT2D eigenvalue weighted by Crippen LogP contribution is -2.21. The van der Waals surface area contributed by atoms with Crippen LogP contribution in [0.3, 0.4) is 0 Å². The number of alkyl halides is 3. The summed E-state index contributed by atoms with van der Waals surface area (Å²) in [6.45, 7) is 5.08. The van der Waals surface area contributed by atoms with Gasteiger partial charge in [-0.05, 0) is 17.0 Å². The van der Waals surface area contributed by atoms with Crippen molar-refractivity contribution in [1.29, 1.82) is 0 Å². The highest BCUT2D eigenvalue weighted by Gasteiger charge is 2.38. The molecule has 0 aliphatic heterocycles. The minimum Gasteiger partial charge on any atom is -0.397 e. The van der Waals surface area contributed by atoms with E-state index >= 15 is 0 Å². The smallest absolute Gasteiger partial charge is 0.397 e. The Balaban J connectivity index is 3.41. The Morgan fingerprint density at radius 2 is 1.73 bits per heavy atom. The maximum Gasteiger partial charge on any atom is 0.433 e. The van der Waals surface area contributed by atoms with Gasteiger partial charge in [-0.3, -0.25) is 0 Å². The van der Waals surface area contributed by atoms with E-state index in [1.165, 1.54) is 6.07 Å². The maximum absolute atomic E-state index is 12.6. The van der Waals surface area contributed by atoms with Crippen LogP contribution in [0.4, 0.5) is 18.9 Å². The number of hydrogen-bond acceptors (Lipinski definition) is 2. The van der Waals surface area contributed by atoms with Crippen molar-refractivity contribution in [3.63, 3.8) is 0 Å². The molecule has 0 unspecified atom stereocenters. The average molecular weight is 218 g/mol. The zero-order valence-electron chi connectivity index (χ0n) is 8.81. The molecule has 0 saturated heterocycles. The van der Waals surface area contributed by atoms with Crippen molar-refractivity contribution >= 4 is 5.69 Å². The second-order valence-electron chi connectivity index (χ2n) is 4.41. The van der Waals surface area contributed by atoms with Crippen LogP contribution in [0.25, 0.3) is 0 Å². The van der Waals surface area contributed by atoms with Gasteiger partial charge in [-0.15, -0.1) is 0 Å². The molecule has 0 fully saturated rings. The topological polar surface area (TPSA) is 38.9 Å². The van der Waals surface area contributed by atoms with Gasteiger partial charge in [0.05, 0.1) is 11.9 Å². The molecular formula is C10H13F3N2. The SMILES string of the molecule is CC(C)(C)c1cc(N)cnc1C(F)(F)F. The van der Waals surface area contributed by atoms with Gasteiger partial charge in [0.1, 0.15) is 5.69 Å². The van der Waals surface area contributed by atoms with Gasteiger partial charge in [0.15, 0.2) is 0 Å². The van der Waals surface area contributed by atoms with E-state index in [9.17, 15) is 13.2 Å². The summed E-state index contributed by atoms with van der Waals surface area (Å²) in [6.07, 6.45) is -3.41. The Labute approximate surface area is 86.3 Å². The first-order valence-electron chi connectivity index (χ1n) is 4.45. The molecule has 1 aromatic rings. The summed E-state index contributed by atoms with van der Waals surface area (Å²) in [6, 6.07) is 1.33. The van der Waals surface area contributed by atoms with Gasteiger partial charge in [-0.25, -0.2) is 4.98 Å². The summed E-state index contributed by atoms with van der Waals surface area (Å²) < 4.78 is 37.8. The second kappa shape index (κ2) is 3.40. The molecule has 0 atom stereocenters. The summed E-state index contributed by atoms with van der Waals surface area (Å²) in [4.78, 5) is 3.37. The summed E-state index contributed by atoms with van der Waals surface area (Å²) in [5.74, 6) is 0. The fourth-order valence-electron chi connectivity index (χ4n) is 1.28. The van der Waals surface area contributed by atoms with E-state index in [2.05, 4.69) is 4.98 Å². The average Bonchev–Trinajstić information content (AvgIpc) is 2.00. The number of hydrogen-bond donors (Lipinski definition) is 1. The maximum atomic E-state index is 12.6. The van der Waals surface area contributed by atoms with Crippen molar-refractivity contribution in [1.82, 2.24) is 4.98 Å². The zero-order chi connectivity index (χ0) is 11.9. The standard InChI is InChI=1S/C10H13F3N2/c1-9(2,3)7-4-6(14)5-15-8(7)10(11,12)13/h4-5H,14H2,1-3H3. The van der Waals surface area contributed by atoms with Crippen molar-refractivity contribution < 1.29 is 13.2 Å². The highest BCUT2D eigenvalue weighted by Crippen LogP contribution is 2.36. The molecule has 84 valence electrons. The third-order valence-electron chi connectivity index (χ3n) is 1.99. The Bertz CT molecular complexity index is 364. The monoisotopic (exact) mass is 218 g/mol. The van der Waals surface area contributed by atoms with Crippen molar-refractivity contribution in [3.05, 3.63) is 23.5 Å². The van der Waals surface area contributed by atoms with E-state index in [-0.39, 0.29) is 11.3 Å². The van der Waals surface area contributed by atoms with Gasteiger partial charge in [-0.1, -0.05) is 20.8 Å². The lowest BCUT2D eigenvalue weighted by molar-refractivity contribution is -0.142. The Hall–Kier alpha value is -1.26. The highest BCUT2D eigenvalue weighted by atomic mass is 19.4. The van der Waals surface area contributed by atoms with Crippen LogP contribution >= 0.6 is 0 Å². The van der Waals surface area contributed by atoms with Crippen LogP contribution in [0.1, 0.15) is 32.0 Å². The third-order valence-corrected chi connectivity index (χ3v) is 1.99. The number of rotatable bonds is 0. The van der Waals surface area contributed by atoms with Crippen LogP contribution in [0, 0.1) is 0 Å². The second-order valence-corrected chi connectivity index (χ2v) is 4.41. The molecule has 15 heavy (non-hydrogen) atoms. The normalized spacial score (nSPS) is 12.9. The van der Waals surface area contributed by atoms with E-state index in [1.807, 2.05) is 0 Å². The third kappa shape index (κ3) is 2.61. The summed E-state index contributed by atoms with van der Waals surface area (Å²) in [7, 11) is 0. The molecule has 1 aromatic heterocycles. The van der Waals surface area contributed by atoms with E-state index in [0.717, 1.165) is 6.20 Å². The Kier molecular flexibility index (Phi) is 2.67. The first-order chi connectivity index (χ1) is 6.62. The molecule has 0 aromatic carbocycles. The molecule has 0 radical (unpaired) electrons. The molecule has 0 spiro atoms. The molecule has 0 saturated carbocycles. The number of aromatic nitrogens is 1. The predicted octanol–water partition coefficient (Wildman–Crippen LogP) is 2.98. The van der Waals surface area contributed by atoms with Crippen LogP contribution in [-0.4, -0.2) is 4.98 Å². The van der Waals surface area contributed by atoms with Crippen molar-refractivity contribution in [2.45, 2.75) is 32.4 Å². The molecular weight excluding hydrogens is 205 g/mol. The Morgan fingerprint density at radius 1 is 1.20 bits per heavy atom. The molecule has 1 rings (SSSR count).